The highest BCUT2D eigenvalue weighted by molar-refractivity contribution is 5.61. The Labute approximate surface area is 69.8 Å². The lowest BCUT2D eigenvalue weighted by atomic mass is 10.5. The van der Waals surface area contributed by atoms with Crippen LogP contribution in [0.5, 0.6) is 0 Å². The van der Waals surface area contributed by atoms with Gasteiger partial charge in [0, 0.05) is 0 Å². The van der Waals surface area contributed by atoms with E-state index in [-0.39, 0.29) is 18.8 Å². The van der Waals surface area contributed by atoms with Gasteiger partial charge in [0.1, 0.15) is 0 Å². The van der Waals surface area contributed by atoms with E-state index < -0.39 is 6.16 Å². The van der Waals surface area contributed by atoms with Crippen molar-refractivity contribution in [3.8, 4) is 0 Å². The van der Waals surface area contributed by atoms with Gasteiger partial charge in [-0.25, -0.2) is 4.79 Å². The first-order valence-electron chi connectivity index (χ1n) is 3.51. The van der Waals surface area contributed by atoms with Crippen molar-refractivity contribution in [3.63, 3.8) is 0 Å². The normalized spacial score (nSPS) is 14.8. The molecule has 1 rings (SSSR count). The third kappa shape index (κ3) is 2.69. The minimum absolute atomic E-state index is 0.0284. The van der Waals surface area contributed by atoms with Crippen molar-refractivity contribution in [2.45, 2.75) is 20.0 Å². The summed E-state index contributed by atoms with van der Waals surface area (Å²) in [6, 6.07) is 0. The first-order chi connectivity index (χ1) is 5.68. The van der Waals surface area contributed by atoms with Crippen molar-refractivity contribution < 1.29 is 23.7 Å². The van der Waals surface area contributed by atoms with Crippen LogP contribution in [-0.4, -0.2) is 19.1 Å². The van der Waals surface area contributed by atoms with E-state index in [0.717, 1.165) is 0 Å². The lowest BCUT2D eigenvalue weighted by Crippen LogP contribution is -2.12. The molecule has 68 valence electrons. The molecule has 1 aliphatic heterocycles. The highest BCUT2D eigenvalue weighted by Crippen LogP contribution is 2.09. The van der Waals surface area contributed by atoms with E-state index >= 15 is 0 Å². The summed E-state index contributed by atoms with van der Waals surface area (Å²) in [7, 11) is 0. The van der Waals surface area contributed by atoms with Crippen LogP contribution in [0.4, 0.5) is 4.79 Å². The molecule has 0 aromatic rings. The zero-order valence-electron chi connectivity index (χ0n) is 6.90. The molecule has 0 saturated carbocycles. The highest BCUT2D eigenvalue weighted by Gasteiger charge is 2.14. The Kier molecular flexibility index (Phi) is 2.79. The topological polar surface area (TPSA) is 54.0 Å². The molecule has 0 bridgehead atoms. The Bertz CT molecular complexity index is 196. The molecule has 12 heavy (non-hydrogen) atoms. The lowest BCUT2D eigenvalue weighted by molar-refractivity contribution is -0.00506. The highest BCUT2D eigenvalue weighted by atomic mass is 16.8. The predicted octanol–water partition coefficient (Wildman–Crippen LogP) is 1.35. The summed E-state index contributed by atoms with van der Waals surface area (Å²) in [6.45, 7) is 3.52. The van der Waals surface area contributed by atoms with Crippen molar-refractivity contribution in [3.05, 3.63) is 12.2 Å². The summed E-state index contributed by atoms with van der Waals surface area (Å²) in [5, 5.41) is 0. The summed E-state index contributed by atoms with van der Waals surface area (Å²) in [5.41, 5.74) is 0. The third-order valence-corrected chi connectivity index (χ3v) is 0.965. The fourth-order valence-corrected chi connectivity index (χ4v) is 0.580. The number of carbonyl (C=O) groups excluding carboxylic acids is 1. The van der Waals surface area contributed by atoms with E-state index in [0.29, 0.717) is 0 Å². The van der Waals surface area contributed by atoms with Crippen molar-refractivity contribution >= 4 is 6.16 Å². The molecule has 0 fully saturated rings. The van der Waals surface area contributed by atoms with E-state index in [1.54, 1.807) is 13.8 Å². The summed E-state index contributed by atoms with van der Waals surface area (Å²) in [6.07, 6.45) is 0.212. The van der Waals surface area contributed by atoms with Gasteiger partial charge in [0.05, 0.1) is 6.10 Å². The molecule has 0 unspecified atom stereocenters. The van der Waals surface area contributed by atoms with Gasteiger partial charge in [-0.3, -0.25) is 0 Å². The van der Waals surface area contributed by atoms with Crippen molar-refractivity contribution in [2.24, 2.45) is 0 Å². The largest absolute Gasteiger partial charge is 0.516 e. The quantitative estimate of drug-likeness (QED) is 0.591. The van der Waals surface area contributed by atoms with E-state index in [4.69, 9.17) is 4.74 Å². The predicted molar refractivity (Wildman–Crippen MR) is 37.8 cm³/mol. The van der Waals surface area contributed by atoms with Gasteiger partial charge in [-0.2, -0.15) is 0 Å². The van der Waals surface area contributed by atoms with Crippen LogP contribution in [0.2, 0.25) is 0 Å². The monoisotopic (exact) mass is 174 g/mol. The third-order valence-electron chi connectivity index (χ3n) is 0.965. The number of hydrogen-bond donors (Lipinski definition) is 0. The molecule has 0 aliphatic carbocycles. The molecule has 5 heteroatoms. The average molecular weight is 174 g/mol. The molecular weight excluding hydrogens is 164 g/mol. The summed E-state index contributed by atoms with van der Waals surface area (Å²) >= 11 is 0. The first kappa shape index (κ1) is 8.70. The van der Waals surface area contributed by atoms with Crippen LogP contribution in [0.25, 0.3) is 0 Å². The molecule has 0 radical (unpaired) electrons. The SMILES string of the molecule is CC(C)OC(=O)OC1=COCO1. The van der Waals surface area contributed by atoms with Gasteiger partial charge in [-0.1, -0.05) is 0 Å². The van der Waals surface area contributed by atoms with Crippen LogP contribution in [0, 0.1) is 0 Å². The van der Waals surface area contributed by atoms with Gasteiger partial charge in [-0.05, 0) is 13.8 Å². The van der Waals surface area contributed by atoms with Crippen LogP contribution in [0.1, 0.15) is 13.8 Å². The Morgan fingerprint density at radius 3 is 2.92 bits per heavy atom. The smallest absolute Gasteiger partial charge is 0.458 e. The minimum atomic E-state index is -0.790. The van der Waals surface area contributed by atoms with Gasteiger partial charge in [0.2, 0.25) is 6.79 Å². The summed E-state index contributed by atoms with van der Waals surface area (Å²) < 4.78 is 18.6. The Hall–Kier alpha value is -1.39. The minimum Gasteiger partial charge on any atom is -0.458 e. The Morgan fingerprint density at radius 1 is 1.67 bits per heavy atom. The average Bonchev–Trinajstić information content (AvgIpc) is 2.37. The van der Waals surface area contributed by atoms with Crippen LogP contribution >= 0.6 is 0 Å². The second-order valence-corrected chi connectivity index (χ2v) is 2.38. The van der Waals surface area contributed by atoms with Crippen LogP contribution in [0.15, 0.2) is 12.2 Å². The van der Waals surface area contributed by atoms with Crippen LogP contribution in [0.3, 0.4) is 0 Å². The number of carbonyl (C=O) groups is 1. The van der Waals surface area contributed by atoms with E-state index in [1.165, 1.54) is 6.26 Å². The van der Waals surface area contributed by atoms with Gasteiger partial charge in [-0.15, -0.1) is 0 Å². The van der Waals surface area contributed by atoms with Gasteiger partial charge >= 0.3 is 12.1 Å². The molecule has 0 N–H and O–H groups in total. The Balaban J connectivity index is 2.26. The van der Waals surface area contributed by atoms with Gasteiger partial charge in [0.15, 0.2) is 6.26 Å². The maximum Gasteiger partial charge on any atom is 0.516 e. The fraction of sp³-hybridized carbons (Fsp3) is 0.571. The second kappa shape index (κ2) is 3.85. The molecule has 0 atom stereocenters. The first-order valence-corrected chi connectivity index (χ1v) is 3.51. The van der Waals surface area contributed by atoms with Crippen LogP contribution < -0.4 is 0 Å². The Morgan fingerprint density at radius 2 is 2.42 bits per heavy atom. The van der Waals surface area contributed by atoms with E-state index in [9.17, 15) is 4.79 Å². The zero-order chi connectivity index (χ0) is 8.97. The molecule has 0 aromatic carbocycles. The number of rotatable bonds is 2. The van der Waals surface area contributed by atoms with Gasteiger partial charge in [0.25, 0.3) is 0 Å². The molecular formula is C7H10O5. The summed E-state index contributed by atoms with van der Waals surface area (Å²) in [4.78, 5) is 10.8. The van der Waals surface area contributed by atoms with E-state index in [2.05, 4.69) is 14.2 Å². The van der Waals surface area contributed by atoms with Gasteiger partial charge < -0.3 is 18.9 Å². The number of ether oxygens (including phenoxy) is 4. The fourth-order valence-electron chi connectivity index (χ4n) is 0.580. The summed E-state index contributed by atoms with van der Waals surface area (Å²) in [5.74, 6) is 0.0284. The van der Waals surface area contributed by atoms with Crippen LogP contribution in [-0.2, 0) is 18.9 Å². The lowest BCUT2D eigenvalue weighted by Gasteiger charge is -2.06. The maximum atomic E-state index is 10.8. The van der Waals surface area contributed by atoms with Crippen molar-refractivity contribution in [2.75, 3.05) is 6.79 Å². The molecule has 5 nitrogen and oxygen atoms in total. The van der Waals surface area contributed by atoms with Crippen molar-refractivity contribution in [1.29, 1.82) is 0 Å². The molecule has 0 spiro atoms. The molecule has 0 aromatic heterocycles. The van der Waals surface area contributed by atoms with Crippen molar-refractivity contribution in [1.82, 2.24) is 0 Å². The molecule has 0 saturated heterocycles. The second-order valence-electron chi connectivity index (χ2n) is 2.38. The van der Waals surface area contributed by atoms with E-state index in [1.807, 2.05) is 0 Å². The number of hydrogen-bond acceptors (Lipinski definition) is 5. The molecule has 0 amide bonds. The molecule has 1 aliphatic rings. The standard InChI is InChI=1S/C7H10O5/c1-5(2)11-7(8)12-6-3-9-4-10-6/h3,5H,4H2,1-2H3. The zero-order valence-corrected chi connectivity index (χ0v) is 6.90. The maximum absolute atomic E-state index is 10.8. The molecule has 1 heterocycles.